The van der Waals surface area contributed by atoms with E-state index in [9.17, 15) is 22.4 Å². The summed E-state index contributed by atoms with van der Waals surface area (Å²) in [5.41, 5.74) is 0. The molecule has 0 bridgehead atoms. The van der Waals surface area contributed by atoms with Gasteiger partial charge in [0.15, 0.2) is 0 Å². The lowest BCUT2D eigenvalue weighted by molar-refractivity contribution is -0.274. The number of carbonyl (C=O) groups excluding carboxylic acids is 1. The molecule has 0 spiro atoms. The van der Waals surface area contributed by atoms with Gasteiger partial charge in [-0.05, 0) is 12.1 Å². The van der Waals surface area contributed by atoms with Crippen LogP contribution in [0, 0.1) is 5.82 Å². The molecule has 106 valence electrons. The van der Waals surface area contributed by atoms with Gasteiger partial charge in [-0.2, -0.15) is 0 Å². The molecular formula is C11H10F4O3S. The molecule has 0 radical (unpaired) electrons. The summed E-state index contributed by atoms with van der Waals surface area (Å²) in [6, 6.07) is 2.82. The smallest absolute Gasteiger partial charge is 0.469 e. The van der Waals surface area contributed by atoms with E-state index in [4.69, 9.17) is 0 Å². The van der Waals surface area contributed by atoms with Gasteiger partial charge in [-0.1, -0.05) is 0 Å². The molecule has 0 N–H and O–H groups in total. The average Bonchev–Trinajstić information content (AvgIpc) is 2.29. The maximum atomic E-state index is 13.4. The Morgan fingerprint density at radius 3 is 2.58 bits per heavy atom. The van der Waals surface area contributed by atoms with Gasteiger partial charge in [0.1, 0.15) is 11.6 Å². The van der Waals surface area contributed by atoms with Gasteiger partial charge in [-0.3, -0.25) is 4.79 Å². The maximum absolute atomic E-state index is 13.4. The molecule has 3 nitrogen and oxygen atoms in total. The van der Waals surface area contributed by atoms with E-state index >= 15 is 0 Å². The van der Waals surface area contributed by atoms with Gasteiger partial charge < -0.3 is 9.47 Å². The quantitative estimate of drug-likeness (QED) is 0.474. The second-order valence-corrected chi connectivity index (χ2v) is 4.45. The number of hydrogen-bond donors (Lipinski definition) is 0. The van der Waals surface area contributed by atoms with E-state index in [0.717, 1.165) is 17.8 Å². The summed E-state index contributed by atoms with van der Waals surface area (Å²) in [5, 5.41) is 0. The number of hydrogen-bond acceptors (Lipinski definition) is 4. The molecule has 1 aromatic rings. The number of rotatable bonds is 5. The molecule has 1 aromatic carbocycles. The van der Waals surface area contributed by atoms with Crippen molar-refractivity contribution in [1.82, 2.24) is 0 Å². The molecular weight excluding hydrogens is 288 g/mol. The Hall–Kier alpha value is -1.44. The highest BCUT2D eigenvalue weighted by Crippen LogP contribution is 2.29. The monoisotopic (exact) mass is 298 g/mol. The Kier molecular flexibility index (Phi) is 5.46. The lowest BCUT2D eigenvalue weighted by Gasteiger charge is -2.10. The minimum absolute atomic E-state index is 0.0847. The molecule has 0 aliphatic rings. The summed E-state index contributed by atoms with van der Waals surface area (Å²) in [7, 11) is 1.23. The van der Waals surface area contributed by atoms with Gasteiger partial charge in [0.2, 0.25) is 0 Å². The van der Waals surface area contributed by atoms with Crippen molar-refractivity contribution in [2.75, 3.05) is 12.9 Å². The van der Waals surface area contributed by atoms with Crippen LogP contribution in [-0.4, -0.2) is 25.2 Å². The van der Waals surface area contributed by atoms with Gasteiger partial charge in [0.05, 0.1) is 13.5 Å². The fraction of sp³-hybridized carbons (Fsp3) is 0.364. The van der Waals surface area contributed by atoms with Crippen LogP contribution in [0.25, 0.3) is 0 Å². The molecule has 0 saturated carbocycles. The molecule has 19 heavy (non-hydrogen) atoms. The maximum Gasteiger partial charge on any atom is 0.573 e. The third-order valence-electron chi connectivity index (χ3n) is 1.93. The summed E-state index contributed by atoms with van der Waals surface area (Å²) < 4.78 is 57.1. The number of esters is 1. The highest BCUT2D eigenvalue weighted by atomic mass is 32.2. The molecule has 0 saturated heterocycles. The van der Waals surface area contributed by atoms with Crippen LogP contribution in [0.4, 0.5) is 17.6 Å². The fourth-order valence-electron chi connectivity index (χ4n) is 1.14. The van der Waals surface area contributed by atoms with E-state index in [1.807, 2.05) is 0 Å². The summed E-state index contributed by atoms with van der Waals surface area (Å²) in [6.07, 6.45) is -4.77. The Bertz CT molecular complexity index is 448. The van der Waals surface area contributed by atoms with Crippen molar-refractivity contribution in [3.05, 3.63) is 24.0 Å². The first-order valence-corrected chi connectivity index (χ1v) is 6.05. The van der Waals surface area contributed by atoms with E-state index in [1.165, 1.54) is 13.2 Å². The first kappa shape index (κ1) is 15.6. The Balaban J connectivity index is 2.60. The van der Waals surface area contributed by atoms with Crippen LogP contribution in [0.3, 0.4) is 0 Å². The predicted octanol–water partition coefficient (Wildman–Crippen LogP) is 3.38. The zero-order chi connectivity index (χ0) is 14.5. The Morgan fingerprint density at radius 2 is 2.05 bits per heavy atom. The molecule has 0 aliphatic carbocycles. The second-order valence-electron chi connectivity index (χ2n) is 3.31. The zero-order valence-corrected chi connectivity index (χ0v) is 10.6. The molecule has 0 fully saturated rings. The number of methoxy groups -OCH3 is 1. The van der Waals surface area contributed by atoms with Crippen molar-refractivity contribution in [2.24, 2.45) is 0 Å². The predicted molar refractivity (Wildman–Crippen MR) is 60.4 cm³/mol. The summed E-state index contributed by atoms with van der Waals surface area (Å²) >= 11 is 1.00. The number of benzene rings is 1. The van der Waals surface area contributed by atoms with E-state index < -0.39 is 23.9 Å². The van der Waals surface area contributed by atoms with Crippen molar-refractivity contribution >= 4 is 17.7 Å². The third kappa shape index (κ3) is 5.82. The van der Waals surface area contributed by atoms with E-state index in [0.29, 0.717) is 6.07 Å². The third-order valence-corrected chi connectivity index (χ3v) is 2.98. The second kappa shape index (κ2) is 6.65. The van der Waals surface area contributed by atoms with E-state index in [2.05, 4.69) is 9.47 Å². The molecule has 0 amide bonds. The van der Waals surface area contributed by atoms with Crippen molar-refractivity contribution in [3.8, 4) is 5.75 Å². The molecule has 0 atom stereocenters. The molecule has 0 aliphatic heterocycles. The van der Waals surface area contributed by atoms with Crippen LogP contribution < -0.4 is 4.74 Å². The first-order chi connectivity index (χ1) is 8.81. The van der Waals surface area contributed by atoms with Gasteiger partial charge in [-0.15, -0.1) is 24.9 Å². The SMILES string of the molecule is COC(=O)CCSc1ccc(OC(F)(F)F)cc1F. The van der Waals surface area contributed by atoms with Gasteiger partial charge in [0, 0.05) is 16.7 Å². The van der Waals surface area contributed by atoms with Gasteiger partial charge >= 0.3 is 12.3 Å². The number of thioether (sulfide) groups is 1. The molecule has 0 heterocycles. The topological polar surface area (TPSA) is 35.5 Å². The molecule has 0 unspecified atom stereocenters. The number of carbonyl (C=O) groups is 1. The van der Waals surface area contributed by atoms with Crippen LogP contribution in [0.5, 0.6) is 5.75 Å². The van der Waals surface area contributed by atoms with E-state index in [1.54, 1.807) is 0 Å². The highest BCUT2D eigenvalue weighted by molar-refractivity contribution is 7.99. The average molecular weight is 298 g/mol. The number of halogens is 4. The lowest BCUT2D eigenvalue weighted by atomic mass is 10.3. The zero-order valence-electron chi connectivity index (χ0n) is 9.79. The van der Waals surface area contributed by atoms with Crippen molar-refractivity contribution in [2.45, 2.75) is 17.7 Å². The lowest BCUT2D eigenvalue weighted by Crippen LogP contribution is -2.17. The molecule has 8 heteroatoms. The van der Waals surface area contributed by atoms with Crippen molar-refractivity contribution in [3.63, 3.8) is 0 Å². The number of alkyl halides is 3. The van der Waals surface area contributed by atoms with Crippen LogP contribution >= 0.6 is 11.8 Å². The molecule has 0 aromatic heterocycles. The normalized spacial score (nSPS) is 11.2. The fourth-order valence-corrected chi connectivity index (χ4v) is 1.99. The van der Waals surface area contributed by atoms with E-state index in [-0.39, 0.29) is 17.1 Å². The van der Waals surface area contributed by atoms with Crippen molar-refractivity contribution in [1.29, 1.82) is 0 Å². The van der Waals surface area contributed by atoms with Crippen LogP contribution in [0.15, 0.2) is 23.1 Å². The first-order valence-electron chi connectivity index (χ1n) is 5.07. The molecule has 1 rings (SSSR count). The largest absolute Gasteiger partial charge is 0.573 e. The van der Waals surface area contributed by atoms with Crippen LogP contribution in [-0.2, 0) is 9.53 Å². The Labute approximate surface area is 110 Å². The minimum Gasteiger partial charge on any atom is -0.469 e. The summed E-state index contributed by atoms with van der Waals surface area (Å²) in [5.74, 6) is -1.63. The summed E-state index contributed by atoms with van der Waals surface area (Å²) in [4.78, 5) is 11.0. The highest BCUT2D eigenvalue weighted by Gasteiger charge is 2.31. The van der Waals surface area contributed by atoms with Gasteiger partial charge in [0.25, 0.3) is 0 Å². The van der Waals surface area contributed by atoms with Gasteiger partial charge in [-0.25, -0.2) is 4.39 Å². The summed E-state index contributed by atoms with van der Waals surface area (Å²) in [6.45, 7) is 0. The number of ether oxygens (including phenoxy) is 2. The van der Waals surface area contributed by atoms with Crippen LogP contribution in [0.1, 0.15) is 6.42 Å². The Morgan fingerprint density at radius 1 is 1.37 bits per heavy atom. The minimum atomic E-state index is -4.86. The standard InChI is InChI=1S/C11H10F4O3S/c1-17-10(16)4-5-19-9-3-2-7(6-8(9)12)18-11(13,14)15/h2-3,6H,4-5H2,1H3. The van der Waals surface area contributed by atoms with Crippen LogP contribution in [0.2, 0.25) is 0 Å². The van der Waals surface area contributed by atoms with Crippen molar-refractivity contribution < 1.29 is 31.8 Å².